The van der Waals surface area contributed by atoms with Crippen LogP contribution in [0, 0.1) is 28.4 Å². The quantitative estimate of drug-likeness (QED) is 0.361. The number of nitrogens with zero attached hydrogens (tertiary/aromatic N) is 4. The third-order valence-corrected chi connectivity index (χ3v) is 4.67. The first kappa shape index (κ1) is 21.9. The van der Waals surface area contributed by atoms with Gasteiger partial charge in [-0.2, -0.15) is 10.4 Å². The van der Waals surface area contributed by atoms with Crippen molar-refractivity contribution in [3.63, 3.8) is 0 Å². The van der Waals surface area contributed by atoms with Crippen LogP contribution in [0.2, 0.25) is 0 Å². The van der Waals surface area contributed by atoms with Gasteiger partial charge in [0.2, 0.25) is 5.88 Å². The van der Waals surface area contributed by atoms with E-state index in [1.165, 1.54) is 37.6 Å². The average Bonchev–Trinajstić information content (AvgIpc) is 2.70. The van der Waals surface area contributed by atoms with Gasteiger partial charge < -0.3 is 9.47 Å². The summed E-state index contributed by atoms with van der Waals surface area (Å²) >= 11 is 3.37. The van der Waals surface area contributed by atoms with Crippen molar-refractivity contribution < 1.29 is 19.2 Å². The summed E-state index contributed by atoms with van der Waals surface area (Å²) in [4.78, 5) is 26.2. The summed E-state index contributed by atoms with van der Waals surface area (Å²) in [5.74, 6) is -0.544. The van der Waals surface area contributed by atoms with Gasteiger partial charge in [0, 0.05) is 29.3 Å². The number of nitriles is 1. The number of aryl methyl sites for hydroxylation is 1. The van der Waals surface area contributed by atoms with Crippen molar-refractivity contribution in [2.45, 2.75) is 13.5 Å². The maximum atomic E-state index is 11.9. The molecule has 1 heterocycles. The number of halogens is 1. The standard InChI is InChI=1S/C18H16BrN5O5/c1-11-17(19)15(9-28-2)14(7-20)18(22-11)29-10-16(25)23-21-8-12-3-5-13(6-4-12)24(26)27/h3-6,8H,9-10H2,1-2H3,(H,23,25)/b21-8-. The number of hydrogen-bond donors (Lipinski definition) is 1. The highest BCUT2D eigenvalue weighted by Gasteiger charge is 2.18. The summed E-state index contributed by atoms with van der Waals surface area (Å²) in [5.41, 5.74) is 4.13. The minimum Gasteiger partial charge on any atom is -0.467 e. The van der Waals surface area contributed by atoms with Crippen LogP contribution in [0.3, 0.4) is 0 Å². The molecule has 1 aromatic heterocycles. The summed E-state index contributed by atoms with van der Waals surface area (Å²) in [6.07, 6.45) is 1.33. The average molecular weight is 462 g/mol. The summed E-state index contributed by atoms with van der Waals surface area (Å²) < 4.78 is 11.1. The molecule has 1 amide bonds. The molecule has 150 valence electrons. The lowest BCUT2D eigenvalue weighted by Crippen LogP contribution is -2.25. The first-order chi connectivity index (χ1) is 13.9. The number of amides is 1. The number of nitro benzene ring substituents is 1. The van der Waals surface area contributed by atoms with Crippen LogP contribution >= 0.6 is 15.9 Å². The number of hydrogen-bond acceptors (Lipinski definition) is 8. The maximum Gasteiger partial charge on any atom is 0.278 e. The molecule has 0 aliphatic rings. The number of ether oxygens (including phenoxy) is 2. The topological polar surface area (TPSA) is 140 Å². The zero-order chi connectivity index (χ0) is 21.4. The number of hydrazone groups is 1. The van der Waals surface area contributed by atoms with Crippen molar-refractivity contribution in [1.82, 2.24) is 10.4 Å². The van der Waals surface area contributed by atoms with Crippen LogP contribution in [0.15, 0.2) is 33.8 Å². The van der Waals surface area contributed by atoms with Gasteiger partial charge in [-0.3, -0.25) is 14.9 Å². The van der Waals surface area contributed by atoms with Gasteiger partial charge in [0.05, 0.1) is 23.4 Å². The number of methoxy groups -OCH3 is 1. The fourth-order valence-corrected chi connectivity index (χ4v) is 2.64. The first-order valence-corrected chi connectivity index (χ1v) is 8.93. The lowest BCUT2D eigenvalue weighted by molar-refractivity contribution is -0.384. The molecule has 0 saturated carbocycles. The van der Waals surface area contributed by atoms with E-state index in [1.54, 1.807) is 6.92 Å². The normalized spacial score (nSPS) is 10.6. The number of aromatic nitrogens is 1. The number of benzene rings is 1. The number of nitrogens with one attached hydrogen (secondary N) is 1. The molecule has 11 heteroatoms. The minimum atomic E-state index is -0.567. The Hall–Kier alpha value is -3.36. The van der Waals surface area contributed by atoms with E-state index >= 15 is 0 Å². The predicted octanol–water partition coefficient (Wildman–Crippen LogP) is 2.61. The van der Waals surface area contributed by atoms with Crippen LogP contribution in [0.5, 0.6) is 5.88 Å². The molecule has 1 N–H and O–H groups in total. The molecule has 0 radical (unpaired) electrons. The van der Waals surface area contributed by atoms with Gasteiger partial charge in [-0.1, -0.05) is 0 Å². The second-order valence-electron chi connectivity index (χ2n) is 5.65. The number of carbonyl (C=O) groups excluding carboxylic acids is 1. The number of rotatable bonds is 8. The molecule has 0 spiro atoms. The molecule has 0 aliphatic heterocycles. The molecule has 0 saturated heterocycles. The monoisotopic (exact) mass is 461 g/mol. The molecule has 2 rings (SSSR count). The smallest absolute Gasteiger partial charge is 0.278 e. The van der Waals surface area contributed by atoms with Gasteiger partial charge in [-0.25, -0.2) is 10.4 Å². The Bertz CT molecular complexity index is 986. The van der Waals surface area contributed by atoms with Crippen molar-refractivity contribution in [2.24, 2.45) is 5.10 Å². The van der Waals surface area contributed by atoms with E-state index in [0.29, 0.717) is 21.3 Å². The molecular formula is C18H16BrN5O5. The fourth-order valence-electron chi connectivity index (χ4n) is 2.24. The molecule has 2 aromatic rings. The highest BCUT2D eigenvalue weighted by Crippen LogP contribution is 2.29. The van der Waals surface area contributed by atoms with Gasteiger partial charge in [-0.15, -0.1) is 0 Å². The van der Waals surface area contributed by atoms with Crippen LogP contribution in [-0.2, 0) is 16.1 Å². The Kier molecular flexibility index (Phi) is 7.76. The van der Waals surface area contributed by atoms with E-state index in [-0.39, 0.29) is 23.7 Å². The van der Waals surface area contributed by atoms with Gasteiger partial charge in [-0.05, 0) is 40.5 Å². The second-order valence-corrected chi connectivity index (χ2v) is 6.44. The molecule has 0 atom stereocenters. The Balaban J connectivity index is 2.00. The second kappa shape index (κ2) is 10.3. The van der Waals surface area contributed by atoms with E-state index in [0.717, 1.165) is 0 Å². The Morgan fingerprint density at radius 1 is 1.45 bits per heavy atom. The van der Waals surface area contributed by atoms with Crippen LogP contribution in [0.1, 0.15) is 22.4 Å². The number of pyridine rings is 1. The number of non-ortho nitro benzene ring substituents is 1. The highest BCUT2D eigenvalue weighted by molar-refractivity contribution is 9.10. The van der Waals surface area contributed by atoms with Crippen molar-refractivity contribution in [2.75, 3.05) is 13.7 Å². The summed E-state index contributed by atoms with van der Waals surface area (Å²) in [7, 11) is 1.50. The van der Waals surface area contributed by atoms with E-state index in [1.807, 2.05) is 6.07 Å². The molecule has 29 heavy (non-hydrogen) atoms. The number of carbonyl (C=O) groups is 1. The molecule has 0 fully saturated rings. The molecule has 0 aliphatic carbocycles. The zero-order valence-corrected chi connectivity index (χ0v) is 17.1. The highest BCUT2D eigenvalue weighted by atomic mass is 79.9. The third-order valence-electron chi connectivity index (χ3n) is 3.61. The Morgan fingerprint density at radius 2 is 2.14 bits per heavy atom. The van der Waals surface area contributed by atoms with Crippen LogP contribution in [-0.4, -0.2) is 35.7 Å². The van der Waals surface area contributed by atoms with Crippen LogP contribution in [0.4, 0.5) is 5.69 Å². The maximum absolute atomic E-state index is 11.9. The van der Waals surface area contributed by atoms with Crippen LogP contribution < -0.4 is 10.2 Å². The lowest BCUT2D eigenvalue weighted by atomic mass is 10.1. The lowest BCUT2D eigenvalue weighted by Gasteiger charge is -2.13. The molecular weight excluding hydrogens is 446 g/mol. The third kappa shape index (κ3) is 5.81. The van der Waals surface area contributed by atoms with Gasteiger partial charge >= 0.3 is 0 Å². The van der Waals surface area contributed by atoms with E-state index in [9.17, 15) is 20.2 Å². The van der Waals surface area contributed by atoms with Gasteiger partial charge in [0.15, 0.2) is 6.61 Å². The number of nitro groups is 1. The summed E-state index contributed by atoms with van der Waals surface area (Å²) in [6, 6.07) is 7.66. The fraction of sp³-hybridized carbons (Fsp3) is 0.222. The molecule has 0 unspecified atom stereocenters. The molecule has 10 nitrogen and oxygen atoms in total. The minimum absolute atomic E-state index is 0.0229. The van der Waals surface area contributed by atoms with Crippen molar-refractivity contribution in [1.29, 1.82) is 5.26 Å². The molecule has 1 aromatic carbocycles. The Morgan fingerprint density at radius 3 is 2.72 bits per heavy atom. The first-order valence-electron chi connectivity index (χ1n) is 8.14. The van der Waals surface area contributed by atoms with E-state index in [2.05, 4.69) is 31.4 Å². The molecule has 0 bridgehead atoms. The van der Waals surface area contributed by atoms with Crippen LogP contribution in [0.25, 0.3) is 0 Å². The van der Waals surface area contributed by atoms with E-state index in [4.69, 9.17) is 9.47 Å². The zero-order valence-electron chi connectivity index (χ0n) is 15.5. The Labute approximate surface area is 174 Å². The van der Waals surface area contributed by atoms with E-state index < -0.39 is 17.4 Å². The van der Waals surface area contributed by atoms with Gasteiger partial charge in [0.25, 0.3) is 11.6 Å². The summed E-state index contributed by atoms with van der Waals surface area (Å²) in [6.45, 7) is 1.49. The SMILES string of the molecule is COCc1c(Br)c(C)nc(OCC(=O)N/N=C\c2ccc([N+](=O)[O-])cc2)c1C#N. The van der Waals surface area contributed by atoms with Gasteiger partial charge in [0.1, 0.15) is 11.6 Å². The van der Waals surface area contributed by atoms with Crippen molar-refractivity contribution in [3.05, 3.63) is 61.2 Å². The predicted molar refractivity (Wildman–Crippen MR) is 106 cm³/mol. The van der Waals surface area contributed by atoms with Crippen molar-refractivity contribution in [3.8, 4) is 11.9 Å². The van der Waals surface area contributed by atoms with Crippen molar-refractivity contribution >= 4 is 33.7 Å². The largest absolute Gasteiger partial charge is 0.467 e. The summed E-state index contributed by atoms with van der Waals surface area (Å²) in [5, 5.41) is 23.8.